The summed E-state index contributed by atoms with van der Waals surface area (Å²) >= 11 is 0. The highest BCUT2D eigenvalue weighted by Gasteiger charge is 1.91. The van der Waals surface area contributed by atoms with Gasteiger partial charge < -0.3 is 0 Å². The summed E-state index contributed by atoms with van der Waals surface area (Å²) < 4.78 is 0. The minimum absolute atomic E-state index is 0.660. The van der Waals surface area contributed by atoms with Crippen LogP contribution in [-0.4, -0.2) is 0 Å². The van der Waals surface area contributed by atoms with Gasteiger partial charge in [-0.05, 0) is 24.9 Å². The normalized spacial score (nSPS) is 10.5. The highest BCUT2D eigenvalue weighted by molar-refractivity contribution is 5.51. The van der Waals surface area contributed by atoms with Crippen molar-refractivity contribution < 1.29 is 0 Å². The molecule has 3 heteroatoms. The quantitative estimate of drug-likeness (QED) is 0.391. The molecule has 14 heavy (non-hydrogen) atoms. The van der Waals surface area contributed by atoms with E-state index in [4.69, 9.17) is 5.53 Å². The first-order chi connectivity index (χ1) is 6.72. The van der Waals surface area contributed by atoms with Crippen molar-refractivity contribution >= 4 is 6.08 Å². The Morgan fingerprint density at radius 1 is 1.36 bits per heavy atom. The summed E-state index contributed by atoms with van der Waals surface area (Å²) in [6.07, 6.45) is 3.72. The molecule has 0 atom stereocenters. The van der Waals surface area contributed by atoms with Crippen LogP contribution in [0.3, 0.4) is 0 Å². The molecule has 1 radical (unpaired) electrons. The van der Waals surface area contributed by atoms with Gasteiger partial charge in [0.2, 0.25) is 0 Å². The van der Waals surface area contributed by atoms with E-state index >= 15 is 0 Å². The van der Waals surface area contributed by atoms with Crippen molar-refractivity contribution in [3.05, 3.63) is 58.0 Å². The minimum Gasteiger partial charge on any atom is -0.0824 e. The third-order valence-electron chi connectivity index (χ3n) is 1.80. The minimum atomic E-state index is 0.660. The van der Waals surface area contributed by atoms with Crippen LogP contribution in [0.25, 0.3) is 16.5 Å². The van der Waals surface area contributed by atoms with E-state index in [2.05, 4.69) is 10.0 Å². The van der Waals surface area contributed by atoms with Gasteiger partial charge in [0.05, 0.1) is 6.04 Å². The molecule has 0 aliphatic carbocycles. The van der Waals surface area contributed by atoms with E-state index in [0.29, 0.717) is 6.04 Å². The predicted octanol–water partition coefficient (Wildman–Crippen LogP) is 3.87. The van der Waals surface area contributed by atoms with E-state index in [1.54, 1.807) is 13.0 Å². The van der Waals surface area contributed by atoms with E-state index in [1.165, 1.54) is 5.56 Å². The zero-order valence-electron chi connectivity index (χ0n) is 8.31. The van der Waals surface area contributed by atoms with Crippen LogP contribution >= 0.6 is 0 Å². The first-order valence-corrected chi connectivity index (χ1v) is 4.36. The van der Waals surface area contributed by atoms with Crippen LogP contribution < -0.4 is 0 Å². The number of hydrogen-bond donors (Lipinski definition) is 0. The summed E-state index contributed by atoms with van der Waals surface area (Å²) in [6, 6.07) is 8.79. The number of azide groups is 1. The van der Waals surface area contributed by atoms with Gasteiger partial charge in [-0.3, -0.25) is 0 Å². The average Bonchev–Trinajstić information content (AvgIpc) is 2.17. The Hall–Kier alpha value is -1.73. The highest BCUT2D eigenvalue weighted by atomic mass is 15.1. The van der Waals surface area contributed by atoms with Gasteiger partial charge >= 0.3 is 0 Å². The molecule has 0 saturated heterocycles. The molecule has 0 aliphatic rings. The Labute approximate surface area is 83.7 Å². The monoisotopic (exact) mass is 186 g/mol. The lowest BCUT2D eigenvalue weighted by Crippen LogP contribution is -1.78. The van der Waals surface area contributed by atoms with Crippen molar-refractivity contribution in [2.45, 2.75) is 13.8 Å². The second-order valence-corrected chi connectivity index (χ2v) is 3.07. The SMILES string of the molecule is C[C](/C=C/c1ccc(C)cc1)N=[N+]=[N-]. The van der Waals surface area contributed by atoms with Crippen LogP contribution in [0.2, 0.25) is 0 Å². The summed E-state index contributed by atoms with van der Waals surface area (Å²) in [5, 5.41) is 3.47. The Morgan fingerprint density at radius 3 is 2.57 bits per heavy atom. The molecule has 0 unspecified atom stereocenters. The summed E-state index contributed by atoms with van der Waals surface area (Å²) in [7, 11) is 0. The standard InChI is InChI=1S/C11H12N3/c1-9-3-6-11(7-4-9)8-5-10(2)13-14-12/h3-8H,1-2H3/b8-5+. The van der Waals surface area contributed by atoms with Crippen molar-refractivity contribution in [2.75, 3.05) is 0 Å². The summed E-state index contributed by atoms with van der Waals surface area (Å²) in [4.78, 5) is 2.70. The van der Waals surface area contributed by atoms with Gasteiger partial charge in [0.1, 0.15) is 0 Å². The van der Waals surface area contributed by atoms with Gasteiger partial charge in [-0.2, -0.15) is 0 Å². The van der Waals surface area contributed by atoms with Crippen LogP contribution in [0.15, 0.2) is 35.5 Å². The van der Waals surface area contributed by atoms with Crippen molar-refractivity contribution in [1.82, 2.24) is 0 Å². The largest absolute Gasteiger partial charge is 0.0824 e. The third-order valence-corrected chi connectivity index (χ3v) is 1.80. The van der Waals surface area contributed by atoms with Gasteiger partial charge in [0, 0.05) is 4.91 Å². The lowest BCUT2D eigenvalue weighted by atomic mass is 10.1. The Balaban J connectivity index is 2.68. The molecule has 0 saturated carbocycles. The molecule has 1 rings (SSSR count). The summed E-state index contributed by atoms with van der Waals surface area (Å²) in [6.45, 7) is 3.81. The second-order valence-electron chi connectivity index (χ2n) is 3.07. The maximum Gasteiger partial charge on any atom is 0.0787 e. The molecular weight excluding hydrogens is 174 g/mol. The fourth-order valence-electron chi connectivity index (χ4n) is 0.998. The van der Waals surface area contributed by atoms with Gasteiger partial charge in [0.25, 0.3) is 0 Å². The lowest BCUT2D eigenvalue weighted by Gasteiger charge is -1.96. The van der Waals surface area contributed by atoms with Crippen molar-refractivity contribution in [2.24, 2.45) is 5.11 Å². The van der Waals surface area contributed by atoms with Crippen LogP contribution in [0, 0.1) is 13.0 Å². The van der Waals surface area contributed by atoms with Crippen LogP contribution in [0.4, 0.5) is 0 Å². The number of hydrogen-bond acceptors (Lipinski definition) is 1. The fourth-order valence-corrected chi connectivity index (χ4v) is 0.998. The Kier molecular flexibility index (Phi) is 3.77. The van der Waals surface area contributed by atoms with Crippen molar-refractivity contribution in [3.8, 4) is 0 Å². The lowest BCUT2D eigenvalue weighted by molar-refractivity contribution is 1.12. The Bertz CT molecular complexity index is 359. The van der Waals surface area contributed by atoms with E-state index in [1.807, 2.05) is 37.3 Å². The molecule has 0 bridgehead atoms. The zero-order chi connectivity index (χ0) is 10.4. The molecule has 0 amide bonds. The molecule has 0 N–H and O–H groups in total. The predicted molar refractivity (Wildman–Crippen MR) is 58.3 cm³/mol. The van der Waals surface area contributed by atoms with E-state index in [9.17, 15) is 0 Å². The molecule has 0 heterocycles. The highest BCUT2D eigenvalue weighted by Crippen LogP contribution is 2.09. The molecule has 1 aromatic rings. The number of nitrogens with zero attached hydrogens (tertiary/aromatic N) is 3. The second kappa shape index (κ2) is 5.10. The third kappa shape index (κ3) is 3.33. The zero-order valence-corrected chi connectivity index (χ0v) is 8.31. The first kappa shape index (κ1) is 10.4. The van der Waals surface area contributed by atoms with E-state index in [0.717, 1.165) is 5.56 Å². The molecule has 0 fully saturated rings. The topological polar surface area (TPSA) is 48.8 Å². The van der Waals surface area contributed by atoms with Crippen LogP contribution in [-0.2, 0) is 0 Å². The van der Waals surface area contributed by atoms with Gasteiger partial charge in [-0.1, -0.05) is 47.1 Å². The maximum atomic E-state index is 8.17. The average molecular weight is 186 g/mol. The molecule has 1 aromatic carbocycles. The van der Waals surface area contributed by atoms with Crippen molar-refractivity contribution in [1.29, 1.82) is 0 Å². The first-order valence-electron chi connectivity index (χ1n) is 4.36. The molecular formula is C11H12N3. The molecule has 71 valence electrons. The number of aryl methyl sites for hydroxylation is 1. The van der Waals surface area contributed by atoms with Gasteiger partial charge in [-0.15, -0.1) is 0 Å². The van der Waals surface area contributed by atoms with Gasteiger partial charge in [0.15, 0.2) is 0 Å². The van der Waals surface area contributed by atoms with E-state index < -0.39 is 0 Å². The number of benzene rings is 1. The smallest absolute Gasteiger partial charge is 0.0787 e. The molecule has 0 spiro atoms. The van der Waals surface area contributed by atoms with Crippen molar-refractivity contribution in [3.63, 3.8) is 0 Å². The molecule has 3 nitrogen and oxygen atoms in total. The summed E-state index contributed by atoms with van der Waals surface area (Å²) in [5.74, 6) is 0. The number of rotatable bonds is 3. The van der Waals surface area contributed by atoms with Gasteiger partial charge in [-0.25, -0.2) is 0 Å². The molecule has 0 aliphatic heterocycles. The van der Waals surface area contributed by atoms with E-state index in [-0.39, 0.29) is 0 Å². The fraction of sp³-hybridized carbons (Fsp3) is 0.182. The maximum absolute atomic E-state index is 8.17. The van der Waals surface area contributed by atoms with Crippen LogP contribution in [0.5, 0.6) is 0 Å². The molecule has 0 aromatic heterocycles. The van der Waals surface area contributed by atoms with Crippen LogP contribution in [0.1, 0.15) is 18.1 Å². The Morgan fingerprint density at radius 2 is 2.00 bits per heavy atom. The summed E-state index contributed by atoms with van der Waals surface area (Å²) in [5.41, 5.74) is 10.5.